The number of nitrogens with zero attached hydrogens (tertiary/aromatic N) is 2. The van der Waals surface area contributed by atoms with Crippen LogP contribution < -0.4 is 10.3 Å². The lowest BCUT2D eigenvalue weighted by atomic mass is 10.0. The van der Waals surface area contributed by atoms with Crippen molar-refractivity contribution in [2.75, 3.05) is 7.11 Å². The second kappa shape index (κ2) is 8.49. The second-order valence-corrected chi connectivity index (χ2v) is 8.80. The standard InChI is InChI=1S/C27H17ClFN3O5/c1-36-15-4-5-19-13(10-15)9-14(25(28)31-19)12-32-20-11-18(29)16-6-8-37-24(16)22(20)21(23(32)27(34)35)17-3-2-7-30-26(17)33/h2-11H,12H2,1H3,(H,30,33)(H,34,35). The van der Waals surface area contributed by atoms with Gasteiger partial charge in [0.25, 0.3) is 5.56 Å². The lowest BCUT2D eigenvalue weighted by Crippen LogP contribution is -2.14. The summed E-state index contributed by atoms with van der Waals surface area (Å²) in [6.45, 7) is -0.0620. The van der Waals surface area contributed by atoms with Crippen molar-refractivity contribution < 1.29 is 23.4 Å². The van der Waals surface area contributed by atoms with Gasteiger partial charge in [-0.1, -0.05) is 11.6 Å². The average molecular weight is 518 g/mol. The molecule has 0 aliphatic heterocycles. The van der Waals surface area contributed by atoms with Crippen LogP contribution in [0.15, 0.2) is 70.2 Å². The van der Waals surface area contributed by atoms with Gasteiger partial charge in [-0.25, -0.2) is 14.2 Å². The number of benzene rings is 2. The normalized spacial score (nSPS) is 11.5. The van der Waals surface area contributed by atoms with Gasteiger partial charge in [0.1, 0.15) is 28.0 Å². The number of rotatable bonds is 5. The van der Waals surface area contributed by atoms with Crippen LogP contribution in [0.25, 0.3) is 43.9 Å². The number of aromatic nitrogens is 3. The molecular weight excluding hydrogens is 501 g/mol. The zero-order valence-electron chi connectivity index (χ0n) is 19.2. The van der Waals surface area contributed by atoms with Crippen molar-refractivity contribution in [3.05, 3.63) is 93.6 Å². The predicted octanol–water partition coefficient (Wildman–Crippen LogP) is 5.84. The van der Waals surface area contributed by atoms with Crippen LogP contribution in [0.1, 0.15) is 16.1 Å². The summed E-state index contributed by atoms with van der Waals surface area (Å²) in [7, 11) is 1.55. The molecule has 0 unspecified atom stereocenters. The number of fused-ring (bicyclic) bond motifs is 4. The van der Waals surface area contributed by atoms with Crippen LogP contribution in [0, 0.1) is 5.82 Å². The Balaban J connectivity index is 1.70. The number of furan rings is 1. The number of aromatic amines is 1. The van der Waals surface area contributed by atoms with Crippen molar-refractivity contribution in [2.24, 2.45) is 0 Å². The van der Waals surface area contributed by atoms with Gasteiger partial charge in [-0.2, -0.15) is 0 Å². The third-order valence-electron chi connectivity index (χ3n) is 6.38. The SMILES string of the molecule is COc1ccc2nc(Cl)c(Cn3c(C(=O)O)c(-c4ccc[nH]c4=O)c4c5occc5c(F)cc43)cc2c1. The van der Waals surface area contributed by atoms with Gasteiger partial charge in [0, 0.05) is 22.7 Å². The lowest BCUT2D eigenvalue weighted by Gasteiger charge is -2.12. The Bertz CT molecular complexity index is 1940. The van der Waals surface area contributed by atoms with E-state index in [-0.39, 0.29) is 45.0 Å². The molecule has 0 spiro atoms. The van der Waals surface area contributed by atoms with Crippen molar-refractivity contribution >= 4 is 50.3 Å². The number of H-pyrrole nitrogens is 1. The molecule has 10 heteroatoms. The topological polar surface area (TPSA) is 110 Å². The van der Waals surface area contributed by atoms with Crippen molar-refractivity contribution in [3.63, 3.8) is 0 Å². The van der Waals surface area contributed by atoms with Crippen LogP contribution >= 0.6 is 11.6 Å². The highest BCUT2D eigenvalue weighted by Gasteiger charge is 2.29. The highest BCUT2D eigenvalue weighted by atomic mass is 35.5. The van der Waals surface area contributed by atoms with Gasteiger partial charge in [-0.3, -0.25) is 4.79 Å². The number of carbonyl (C=O) groups is 1. The minimum absolute atomic E-state index is 0.0620. The number of nitrogens with one attached hydrogen (secondary N) is 1. The molecule has 0 bridgehead atoms. The number of carboxylic acids is 1. The maximum absolute atomic E-state index is 15.1. The Hall–Kier alpha value is -4.63. The zero-order chi connectivity index (χ0) is 25.8. The fraction of sp³-hybridized carbons (Fsp3) is 0.0741. The van der Waals surface area contributed by atoms with Crippen molar-refractivity contribution in [3.8, 4) is 16.9 Å². The molecule has 37 heavy (non-hydrogen) atoms. The molecule has 0 aliphatic rings. The summed E-state index contributed by atoms with van der Waals surface area (Å²) in [6.07, 6.45) is 2.77. The van der Waals surface area contributed by atoms with Crippen LogP contribution in [-0.4, -0.2) is 32.7 Å². The Morgan fingerprint density at radius 2 is 2.08 bits per heavy atom. The molecule has 0 saturated carbocycles. The number of hydrogen-bond donors (Lipinski definition) is 2. The highest BCUT2D eigenvalue weighted by Crippen LogP contribution is 2.40. The van der Waals surface area contributed by atoms with Crippen molar-refractivity contribution in [1.29, 1.82) is 0 Å². The molecule has 0 fully saturated rings. The Morgan fingerprint density at radius 1 is 1.24 bits per heavy atom. The average Bonchev–Trinajstić information content (AvgIpc) is 3.48. The molecule has 0 aliphatic carbocycles. The monoisotopic (exact) mass is 517 g/mol. The minimum atomic E-state index is -1.30. The van der Waals surface area contributed by atoms with Gasteiger partial charge in [-0.05, 0) is 48.5 Å². The van der Waals surface area contributed by atoms with Crippen LogP contribution in [0.4, 0.5) is 4.39 Å². The predicted molar refractivity (Wildman–Crippen MR) is 137 cm³/mol. The molecule has 0 saturated heterocycles. The van der Waals surface area contributed by atoms with E-state index in [2.05, 4.69) is 9.97 Å². The second-order valence-electron chi connectivity index (χ2n) is 8.44. The molecule has 0 atom stereocenters. The molecule has 4 heterocycles. The number of aromatic carboxylic acids is 1. The number of ether oxygens (including phenoxy) is 1. The van der Waals surface area contributed by atoms with Gasteiger partial charge in [0.2, 0.25) is 0 Å². The van der Waals surface area contributed by atoms with E-state index in [0.29, 0.717) is 22.2 Å². The van der Waals surface area contributed by atoms with Crippen molar-refractivity contribution in [1.82, 2.24) is 14.5 Å². The molecule has 2 N–H and O–H groups in total. The summed E-state index contributed by atoms with van der Waals surface area (Å²) in [5, 5.41) is 11.7. The summed E-state index contributed by atoms with van der Waals surface area (Å²) in [5.41, 5.74) is 1.03. The number of methoxy groups -OCH3 is 1. The Morgan fingerprint density at radius 3 is 2.84 bits per heavy atom. The third kappa shape index (κ3) is 3.54. The highest BCUT2D eigenvalue weighted by molar-refractivity contribution is 6.30. The Labute approximate surface area is 212 Å². The van der Waals surface area contributed by atoms with Crippen molar-refractivity contribution in [2.45, 2.75) is 6.54 Å². The number of halogens is 2. The fourth-order valence-corrected chi connectivity index (χ4v) is 4.96. The van der Waals surface area contributed by atoms with E-state index in [9.17, 15) is 14.7 Å². The maximum atomic E-state index is 15.1. The van der Waals surface area contributed by atoms with E-state index >= 15 is 4.39 Å². The van der Waals surface area contributed by atoms with Gasteiger partial charge >= 0.3 is 5.97 Å². The van der Waals surface area contributed by atoms with E-state index < -0.39 is 17.3 Å². The summed E-state index contributed by atoms with van der Waals surface area (Å²) in [6, 6.07) is 12.9. The van der Waals surface area contributed by atoms with Gasteiger partial charge in [0.15, 0.2) is 0 Å². The number of hydrogen-bond acceptors (Lipinski definition) is 5. The minimum Gasteiger partial charge on any atom is -0.497 e. The molecule has 4 aromatic heterocycles. The summed E-state index contributed by atoms with van der Waals surface area (Å²) >= 11 is 6.52. The molecule has 6 rings (SSSR count). The van der Waals surface area contributed by atoms with E-state index in [4.69, 9.17) is 20.8 Å². The van der Waals surface area contributed by atoms with Gasteiger partial charge in [-0.15, -0.1) is 0 Å². The van der Waals surface area contributed by atoms with E-state index in [1.165, 1.54) is 35.2 Å². The first-order valence-corrected chi connectivity index (χ1v) is 11.5. The zero-order valence-corrected chi connectivity index (χ0v) is 20.0. The van der Waals surface area contributed by atoms with Crippen LogP contribution in [0.3, 0.4) is 0 Å². The van der Waals surface area contributed by atoms with E-state index in [0.717, 1.165) is 5.39 Å². The summed E-state index contributed by atoms with van der Waals surface area (Å²) in [4.78, 5) is 32.5. The molecule has 184 valence electrons. The van der Waals surface area contributed by atoms with E-state index in [1.807, 2.05) is 0 Å². The molecule has 6 aromatic rings. The fourth-order valence-electron chi connectivity index (χ4n) is 4.76. The number of carboxylic acid groups (broad SMARTS) is 1. The quantitative estimate of drug-likeness (QED) is 0.278. The Kier molecular flexibility index (Phi) is 5.24. The molecule has 0 amide bonds. The van der Waals surface area contributed by atoms with E-state index in [1.54, 1.807) is 37.4 Å². The number of pyridine rings is 2. The first kappa shape index (κ1) is 22.8. The molecule has 0 radical (unpaired) electrons. The first-order valence-electron chi connectivity index (χ1n) is 11.1. The van der Waals surface area contributed by atoms with Crippen LogP contribution in [0.2, 0.25) is 5.15 Å². The molecule has 8 nitrogen and oxygen atoms in total. The van der Waals surface area contributed by atoms with Crippen LogP contribution in [0.5, 0.6) is 5.75 Å². The smallest absolute Gasteiger partial charge is 0.353 e. The van der Waals surface area contributed by atoms with Gasteiger partial charge < -0.3 is 23.8 Å². The molecular formula is C27H17ClFN3O5. The molecule has 2 aromatic carbocycles. The third-order valence-corrected chi connectivity index (χ3v) is 6.71. The maximum Gasteiger partial charge on any atom is 0.353 e. The first-order chi connectivity index (χ1) is 17.9. The lowest BCUT2D eigenvalue weighted by molar-refractivity contribution is 0.0687. The summed E-state index contributed by atoms with van der Waals surface area (Å²) < 4.78 is 27.4. The summed E-state index contributed by atoms with van der Waals surface area (Å²) in [5.74, 6) is -1.28. The largest absolute Gasteiger partial charge is 0.497 e. The van der Waals surface area contributed by atoms with Crippen LogP contribution in [-0.2, 0) is 6.54 Å². The van der Waals surface area contributed by atoms with Gasteiger partial charge in [0.05, 0.1) is 47.3 Å².